The first kappa shape index (κ1) is 56.2. The average Bonchev–Trinajstić information content (AvgIpc) is 3.76. The molecule has 6 rings (SSSR count). The molecule has 0 saturated carbocycles. The SMILES string of the molecule is CCc1c2c(nc3ccc(OC(=O)N(C)CCN(C)C(=O)OCc4ccc(NC(=O)[C@H](CCCNC(N)=O)CC(=O)[C@@H](NC(=O)COCCN=[N+]=[N-])C(C)C)cc4)cc13)-c1cc3c(c(=O)n1C2)COC(=O)[C@]3(O)CC. The van der Waals surface area contributed by atoms with Crippen LogP contribution in [-0.2, 0) is 65.2 Å². The summed E-state index contributed by atoms with van der Waals surface area (Å²) < 4.78 is 23.2. The second-order valence-corrected chi connectivity index (χ2v) is 18.6. The van der Waals surface area contributed by atoms with Gasteiger partial charge in [0.05, 0.1) is 41.7 Å². The number of likely N-dealkylation sites (N-methyl/N-ethyl adjacent to an activating group) is 2. The molecule has 400 valence electrons. The van der Waals surface area contributed by atoms with Gasteiger partial charge in [-0.3, -0.25) is 19.2 Å². The number of hydrogen-bond donors (Lipinski definition) is 5. The lowest BCUT2D eigenvalue weighted by molar-refractivity contribution is -0.172. The van der Waals surface area contributed by atoms with Crippen LogP contribution in [0.5, 0.6) is 5.75 Å². The Morgan fingerprint density at radius 1 is 1.01 bits per heavy atom. The summed E-state index contributed by atoms with van der Waals surface area (Å²) in [7, 11) is 3.05. The maximum atomic E-state index is 13.7. The molecule has 6 amide bonds. The molecule has 0 fully saturated rings. The van der Waals surface area contributed by atoms with E-state index in [1.54, 1.807) is 73.9 Å². The fourth-order valence-electron chi connectivity index (χ4n) is 8.86. The van der Waals surface area contributed by atoms with Gasteiger partial charge in [-0.05, 0) is 84.7 Å². The Kier molecular flexibility index (Phi) is 18.9. The molecular formula is C51H63N11O13. The maximum Gasteiger partial charge on any atom is 0.415 e. The summed E-state index contributed by atoms with van der Waals surface area (Å²) in [5.41, 5.74) is 16.1. The number of pyridine rings is 2. The molecule has 2 aliphatic heterocycles. The number of rotatable bonds is 24. The number of carbonyl (C=O) groups is 7. The molecule has 2 aliphatic rings. The third kappa shape index (κ3) is 13.6. The minimum atomic E-state index is -1.95. The highest BCUT2D eigenvalue weighted by atomic mass is 16.6. The van der Waals surface area contributed by atoms with Crippen molar-refractivity contribution in [3.05, 3.63) is 97.1 Å². The molecule has 24 heteroatoms. The van der Waals surface area contributed by atoms with Gasteiger partial charge in [-0.2, -0.15) is 0 Å². The maximum absolute atomic E-state index is 13.7. The molecule has 0 spiro atoms. The molecule has 75 heavy (non-hydrogen) atoms. The Balaban J connectivity index is 0.998. The van der Waals surface area contributed by atoms with Crippen molar-refractivity contribution in [2.45, 2.75) is 91.2 Å². The van der Waals surface area contributed by atoms with E-state index in [1.807, 2.05) is 6.92 Å². The monoisotopic (exact) mass is 1040 g/mol. The molecule has 4 heterocycles. The molecule has 4 aromatic rings. The Bertz CT molecular complexity index is 2940. The van der Waals surface area contributed by atoms with Crippen LogP contribution in [0.25, 0.3) is 32.7 Å². The zero-order chi connectivity index (χ0) is 54.6. The number of ether oxygens (including phenoxy) is 4. The van der Waals surface area contributed by atoms with Crippen LogP contribution in [0.3, 0.4) is 0 Å². The van der Waals surface area contributed by atoms with Gasteiger partial charge in [0.2, 0.25) is 11.8 Å². The predicted molar refractivity (Wildman–Crippen MR) is 272 cm³/mol. The van der Waals surface area contributed by atoms with Crippen molar-refractivity contribution < 1.29 is 57.6 Å². The normalized spacial score (nSPS) is 15.0. The van der Waals surface area contributed by atoms with Crippen LogP contribution < -0.4 is 32.0 Å². The molecule has 2 aromatic carbocycles. The Morgan fingerprint density at radius 2 is 1.73 bits per heavy atom. The van der Waals surface area contributed by atoms with E-state index in [2.05, 4.69) is 26.0 Å². The number of nitrogens with one attached hydrogen (secondary N) is 3. The molecule has 6 N–H and O–H groups in total. The van der Waals surface area contributed by atoms with Crippen LogP contribution in [0, 0.1) is 11.8 Å². The van der Waals surface area contributed by atoms with Crippen molar-refractivity contribution in [1.82, 2.24) is 30.0 Å². The van der Waals surface area contributed by atoms with E-state index in [1.165, 1.54) is 23.9 Å². The second kappa shape index (κ2) is 25.2. The van der Waals surface area contributed by atoms with Gasteiger partial charge in [-0.25, -0.2) is 24.2 Å². The number of aromatic nitrogens is 2. The average molecular weight is 1040 g/mol. The molecule has 0 aliphatic carbocycles. The Morgan fingerprint density at radius 3 is 2.40 bits per heavy atom. The van der Waals surface area contributed by atoms with E-state index in [4.69, 9.17) is 35.2 Å². The molecule has 2 aromatic heterocycles. The minimum Gasteiger partial charge on any atom is -0.458 e. The summed E-state index contributed by atoms with van der Waals surface area (Å²) in [6.07, 6.45) is -0.416. The summed E-state index contributed by atoms with van der Waals surface area (Å²) in [4.78, 5) is 114. The van der Waals surface area contributed by atoms with Crippen molar-refractivity contribution in [3.8, 4) is 17.1 Å². The standard InChI is InChI=1S/C51H63N11O13/c1-7-34-35-23-33(15-16-39(35)57-44-36(34)25-62-40(44)24-38-37(46(62)66)27-73-47(67)51(38,71)8-2)75-50(70)61(6)20-19-60(5)49(69)74-26-30-11-13-32(14-12-30)56-45(65)31(10-9-17-54-48(52)68)22-41(63)43(29(3)4)58-42(64)28-72-21-18-55-59-53/h11-16,23-24,29,31,43,71H,7-10,17-22,25-28H2,1-6H3,(H,56,65)(H,58,64)(H3,52,54,68)/t31-,43+,51+/m1/s1. The first-order valence-corrected chi connectivity index (χ1v) is 24.6. The van der Waals surface area contributed by atoms with E-state index < -0.39 is 53.6 Å². The fraction of sp³-hybridized carbons (Fsp3) is 0.471. The number of fused-ring (bicyclic) bond motifs is 5. The lowest BCUT2D eigenvalue weighted by Crippen LogP contribution is -2.46. The highest BCUT2D eigenvalue weighted by molar-refractivity contribution is 5.97. The zero-order valence-corrected chi connectivity index (χ0v) is 42.8. The Hall–Kier alpha value is -8.08. The van der Waals surface area contributed by atoms with Crippen molar-refractivity contribution >= 4 is 58.4 Å². The third-order valence-electron chi connectivity index (χ3n) is 13.1. The zero-order valence-electron chi connectivity index (χ0n) is 42.8. The van der Waals surface area contributed by atoms with Gasteiger partial charge >= 0.3 is 24.2 Å². The number of aryl methyl sites for hydroxylation is 1. The first-order valence-electron chi connectivity index (χ1n) is 24.6. The van der Waals surface area contributed by atoms with Crippen molar-refractivity contribution in [2.75, 3.05) is 58.8 Å². The first-order chi connectivity index (χ1) is 35.8. The number of cyclic esters (lactones) is 1. The number of primary amides is 1. The largest absolute Gasteiger partial charge is 0.458 e. The van der Waals surface area contributed by atoms with E-state index in [9.17, 15) is 43.5 Å². The predicted octanol–water partition coefficient (Wildman–Crippen LogP) is 4.77. The second-order valence-electron chi connectivity index (χ2n) is 18.6. The van der Waals surface area contributed by atoms with Crippen LogP contribution in [-0.4, -0.2) is 126 Å². The number of ketones is 1. The van der Waals surface area contributed by atoms with Crippen LogP contribution in [0.1, 0.15) is 81.2 Å². The number of anilines is 1. The number of Topliss-reactive ketones (excluding diaryl/α,β-unsaturated/α-hetero) is 1. The van der Waals surface area contributed by atoms with Crippen LogP contribution in [0.2, 0.25) is 0 Å². The molecule has 0 saturated heterocycles. The molecule has 0 bridgehead atoms. The van der Waals surface area contributed by atoms with E-state index >= 15 is 0 Å². The molecule has 0 radical (unpaired) electrons. The van der Waals surface area contributed by atoms with Gasteiger partial charge in [-0.15, -0.1) is 0 Å². The van der Waals surface area contributed by atoms with Crippen molar-refractivity contribution in [2.24, 2.45) is 22.7 Å². The van der Waals surface area contributed by atoms with Gasteiger partial charge in [0.15, 0.2) is 11.4 Å². The van der Waals surface area contributed by atoms with Gasteiger partial charge in [-0.1, -0.05) is 44.9 Å². The van der Waals surface area contributed by atoms with Gasteiger partial charge in [0.1, 0.15) is 25.6 Å². The van der Waals surface area contributed by atoms with Crippen LogP contribution in [0.4, 0.5) is 20.1 Å². The summed E-state index contributed by atoms with van der Waals surface area (Å²) in [6.45, 7) is 7.08. The number of benzene rings is 2. The van der Waals surface area contributed by atoms with E-state index in [-0.39, 0.29) is 113 Å². The number of hydrogen-bond acceptors (Lipinski definition) is 15. The highest BCUT2D eigenvalue weighted by Gasteiger charge is 2.45. The molecular weight excluding hydrogens is 975 g/mol. The summed E-state index contributed by atoms with van der Waals surface area (Å²) in [5, 5.41) is 23.3. The number of aliphatic hydroxyl groups is 1. The molecule has 3 atom stereocenters. The van der Waals surface area contributed by atoms with Crippen molar-refractivity contribution in [3.63, 3.8) is 0 Å². The summed E-state index contributed by atoms with van der Waals surface area (Å²) >= 11 is 0. The fourth-order valence-corrected chi connectivity index (χ4v) is 8.86. The summed E-state index contributed by atoms with van der Waals surface area (Å²) in [6, 6.07) is 11.6. The number of nitrogens with two attached hydrogens (primary N) is 1. The number of amides is 6. The summed E-state index contributed by atoms with van der Waals surface area (Å²) in [5.74, 6) is -3.09. The van der Waals surface area contributed by atoms with Crippen LogP contribution in [0.15, 0.2) is 58.4 Å². The number of esters is 1. The van der Waals surface area contributed by atoms with Gasteiger partial charge in [0, 0.05) is 79.7 Å². The van der Waals surface area contributed by atoms with E-state index in [0.717, 1.165) is 16.5 Å². The van der Waals surface area contributed by atoms with Gasteiger partial charge in [0.25, 0.3) is 5.56 Å². The Labute approximate surface area is 431 Å². The molecule has 0 unspecified atom stereocenters. The van der Waals surface area contributed by atoms with E-state index in [0.29, 0.717) is 41.0 Å². The van der Waals surface area contributed by atoms with Crippen molar-refractivity contribution in [1.29, 1.82) is 0 Å². The highest BCUT2D eigenvalue weighted by Crippen LogP contribution is 2.41. The number of urea groups is 1. The minimum absolute atomic E-state index is 0.0207. The molecule has 24 nitrogen and oxygen atoms in total. The smallest absolute Gasteiger partial charge is 0.415 e. The lowest BCUT2D eigenvalue weighted by atomic mass is 9.86. The van der Waals surface area contributed by atoms with Crippen LogP contribution >= 0.6 is 0 Å². The topological polar surface area (TPSA) is 329 Å². The third-order valence-corrected chi connectivity index (χ3v) is 13.1. The lowest BCUT2D eigenvalue weighted by Gasteiger charge is -2.31. The number of azide groups is 1. The van der Waals surface area contributed by atoms with Gasteiger partial charge < -0.3 is 60.1 Å². The number of nitrogens with zero attached hydrogens (tertiary/aromatic N) is 7. The number of carbonyl (C=O) groups excluding carboxylic acids is 7. The quantitative estimate of drug-likeness (QED) is 0.0183.